The quantitative estimate of drug-likeness (QED) is 0.828. The van der Waals surface area contributed by atoms with E-state index in [1.54, 1.807) is 12.1 Å². The number of hydrogen-bond acceptors (Lipinski definition) is 3. The third kappa shape index (κ3) is 3.55. The first-order valence-electron chi connectivity index (χ1n) is 6.08. The molecule has 0 bridgehead atoms. The van der Waals surface area contributed by atoms with Crippen LogP contribution in [-0.4, -0.2) is 15.0 Å². The van der Waals surface area contributed by atoms with Gasteiger partial charge >= 0.3 is 0 Å². The number of halogens is 1. The van der Waals surface area contributed by atoms with Crippen molar-refractivity contribution in [3.63, 3.8) is 0 Å². The van der Waals surface area contributed by atoms with Gasteiger partial charge in [-0.05, 0) is 36.2 Å². The van der Waals surface area contributed by atoms with Gasteiger partial charge in [0.2, 0.25) is 10.0 Å². The van der Waals surface area contributed by atoms with Crippen LogP contribution < -0.4 is 10.5 Å². The zero-order valence-electron chi connectivity index (χ0n) is 10.7. The van der Waals surface area contributed by atoms with E-state index in [1.807, 2.05) is 12.1 Å². The Hall–Kier alpha value is -1.92. The molecule has 0 aromatic heterocycles. The summed E-state index contributed by atoms with van der Waals surface area (Å²) >= 11 is 0. The van der Waals surface area contributed by atoms with Gasteiger partial charge in [-0.2, -0.15) is 0 Å². The summed E-state index contributed by atoms with van der Waals surface area (Å²) in [5.41, 5.74) is 7.17. The zero-order chi connectivity index (χ0) is 14.6. The molecule has 3 N–H and O–H groups in total. The maximum absolute atomic E-state index is 13.4. The predicted octanol–water partition coefficient (Wildman–Crippen LogP) is 1.93. The lowest BCUT2D eigenvalue weighted by molar-refractivity contribution is 0.557. The number of nitrogens with two attached hydrogens (primary N) is 1. The van der Waals surface area contributed by atoms with Crippen LogP contribution in [0.2, 0.25) is 0 Å². The summed E-state index contributed by atoms with van der Waals surface area (Å²) < 4.78 is 39.7. The maximum atomic E-state index is 13.4. The second kappa shape index (κ2) is 6.02. The molecule has 106 valence electrons. The van der Waals surface area contributed by atoms with Gasteiger partial charge in [-0.25, -0.2) is 17.5 Å². The molecule has 20 heavy (non-hydrogen) atoms. The van der Waals surface area contributed by atoms with Crippen LogP contribution >= 0.6 is 0 Å². The summed E-state index contributed by atoms with van der Waals surface area (Å²) in [5, 5.41) is 0. The van der Waals surface area contributed by atoms with E-state index < -0.39 is 15.8 Å². The van der Waals surface area contributed by atoms with E-state index in [4.69, 9.17) is 5.73 Å². The molecule has 0 heterocycles. The van der Waals surface area contributed by atoms with E-state index >= 15 is 0 Å². The van der Waals surface area contributed by atoms with E-state index in [2.05, 4.69) is 4.72 Å². The van der Waals surface area contributed by atoms with Gasteiger partial charge in [-0.1, -0.05) is 24.3 Å². The molecule has 0 atom stereocenters. The van der Waals surface area contributed by atoms with E-state index in [0.717, 1.165) is 11.6 Å². The Bertz CT molecular complexity index is 685. The highest BCUT2D eigenvalue weighted by atomic mass is 32.2. The van der Waals surface area contributed by atoms with E-state index in [-0.39, 0.29) is 11.4 Å². The summed E-state index contributed by atoms with van der Waals surface area (Å²) in [7, 11) is -3.82. The first kappa shape index (κ1) is 14.5. The molecule has 0 unspecified atom stereocenters. The normalized spacial score (nSPS) is 11.4. The monoisotopic (exact) mass is 294 g/mol. The molecule has 0 radical (unpaired) electrons. The molecule has 0 aliphatic heterocycles. The highest BCUT2D eigenvalue weighted by molar-refractivity contribution is 7.89. The number of benzene rings is 2. The molecule has 4 nitrogen and oxygen atoms in total. The second-order valence-corrected chi connectivity index (χ2v) is 6.06. The molecule has 0 aliphatic rings. The van der Waals surface area contributed by atoms with Crippen molar-refractivity contribution in [3.8, 4) is 0 Å². The van der Waals surface area contributed by atoms with E-state index in [9.17, 15) is 12.8 Å². The van der Waals surface area contributed by atoms with Crippen LogP contribution in [0.3, 0.4) is 0 Å². The van der Waals surface area contributed by atoms with Gasteiger partial charge in [-0.3, -0.25) is 0 Å². The smallest absolute Gasteiger partial charge is 0.243 e. The van der Waals surface area contributed by atoms with Gasteiger partial charge in [0, 0.05) is 12.2 Å². The molecule has 0 saturated heterocycles. The summed E-state index contributed by atoms with van der Waals surface area (Å²) in [6.07, 6.45) is 0.508. The fourth-order valence-electron chi connectivity index (χ4n) is 1.75. The van der Waals surface area contributed by atoms with Crippen molar-refractivity contribution < 1.29 is 12.8 Å². The molecule has 2 rings (SSSR count). The van der Waals surface area contributed by atoms with Crippen LogP contribution in [0.4, 0.5) is 10.1 Å². The van der Waals surface area contributed by atoms with Crippen molar-refractivity contribution in [2.75, 3.05) is 12.3 Å². The third-order valence-corrected chi connectivity index (χ3v) is 4.31. The minimum absolute atomic E-state index is 0.195. The Morgan fingerprint density at radius 2 is 1.70 bits per heavy atom. The van der Waals surface area contributed by atoms with Gasteiger partial charge in [0.25, 0.3) is 0 Å². The van der Waals surface area contributed by atoms with E-state index in [1.165, 1.54) is 18.2 Å². The largest absolute Gasteiger partial charge is 0.399 e. The Balaban J connectivity index is 2.00. The molecule has 0 saturated carbocycles. The van der Waals surface area contributed by atoms with Crippen molar-refractivity contribution in [2.45, 2.75) is 11.3 Å². The summed E-state index contributed by atoms with van der Waals surface area (Å²) in [5.74, 6) is -0.757. The van der Waals surface area contributed by atoms with Crippen molar-refractivity contribution in [1.29, 1.82) is 0 Å². The third-order valence-electron chi connectivity index (χ3n) is 2.81. The van der Waals surface area contributed by atoms with Crippen molar-refractivity contribution in [2.24, 2.45) is 0 Å². The van der Waals surface area contributed by atoms with Gasteiger partial charge in [0.15, 0.2) is 0 Å². The van der Waals surface area contributed by atoms with E-state index in [0.29, 0.717) is 12.1 Å². The predicted molar refractivity (Wildman–Crippen MR) is 76.1 cm³/mol. The minimum atomic E-state index is -3.82. The summed E-state index contributed by atoms with van der Waals surface area (Å²) in [6.45, 7) is 0.195. The Labute approximate surface area is 117 Å². The molecule has 6 heteroatoms. The lowest BCUT2D eigenvalue weighted by Gasteiger charge is -2.07. The molecule has 0 spiro atoms. The Morgan fingerprint density at radius 1 is 1.05 bits per heavy atom. The summed E-state index contributed by atoms with van der Waals surface area (Å²) in [6, 6.07) is 12.4. The van der Waals surface area contributed by atoms with Crippen LogP contribution in [0.15, 0.2) is 53.4 Å². The van der Waals surface area contributed by atoms with Gasteiger partial charge in [0.1, 0.15) is 10.7 Å². The second-order valence-electron chi connectivity index (χ2n) is 4.32. The fraction of sp³-hybridized carbons (Fsp3) is 0.143. The van der Waals surface area contributed by atoms with Crippen molar-refractivity contribution in [1.82, 2.24) is 4.72 Å². The maximum Gasteiger partial charge on any atom is 0.243 e. The van der Waals surface area contributed by atoms with Gasteiger partial charge < -0.3 is 5.73 Å². The Kier molecular flexibility index (Phi) is 4.36. The standard InChI is InChI=1S/C14H15FN2O2S/c15-13-3-1-2-4-14(13)20(18,19)17-10-9-11-5-7-12(16)8-6-11/h1-8,17H,9-10,16H2. The lowest BCUT2D eigenvalue weighted by atomic mass is 10.1. The van der Waals surface area contributed by atoms with Crippen molar-refractivity contribution >= 4 is 15.7 Å². The average Bonchev–Trinajstić information content (AvgIpc) is 2.41. The lowest BCUT2D eigenvalue weighted by Crippen LogP contribution is -2.26. The van der Waals surface area contributed by atoms with Crippen LogP contribution in [0.1, 0.15) is 5.56 Å². The average molecular weight is 294 g/mol. The number of nitrogen functional groups attached to an aromatic ring is 1. The van der Waals surface area contributed by atoms with Crippen LogP contribution in [-0.2, 0) is 16.4 Å². The number of hydrogen-bond donors (Lipinski definition) is 2. The number of anilines is 1. The number of rotatable bonds is 5. The molecule has 2 aromatic rings. The van der Waals surface area contributed by atoms with Crippen LogP contribution in [0.5, 0.6) is 0 Å². The molecule has 0 fully saturated rings. The number of nitrogens with one attached hydrogen (secondary N) is 1. The number of sulfonamides is 1. The molecule has 2 aromatic carbocycles. The molecule has 0 amide bonds. The Morgan fingerprint density at radius 3 is 2.35 bits per heavy atom. The first-order chi connectivity index (χ1) is 9.49. The molecular formula is C14H15FN2O2S. The highest BCUT2D eigenvalue weighted by Gasteiger charge is 2.17. The minimum Gasteiger partial charge on any atom is -0.399 e. The van der Waals surface area contributed by atoms with Gasteiger partial charge in [-0.15, -0.1) is 0 Å². The van der Waals surface area contributed by atoms with Gasteiger partial charge in [0.05, 0.1) is 0 Å². The highest BCUT2D eigenvalue weighted by Crippen LogP contribution is 2.13. The SMILES string of the molecule is Nc1ccc(CCNS(=O)(=O)c2ccccc2F)cc1. The van der Waals surface area contributed by atoms with Crippen molar-refractivity contribution in [3.05, 3.63) is 59.9 Å². The molecular weight excluding hydrogens is 279 g/mol. The zero-order valence-corrected chi connectivity index (χ0v) is 11.5. The first-order valence-corrected chi connectivity index (χ1v) is 7.56. The molecule has 0 aliphatic carbocycles. The van der Waals surface area contributed by atoms with Crippen LogP contribution in [0, 0.1) is 5.82 Å². The topological polar surface area (TPSA) is 72.2 Å². The van der Waals surface area contributed by atoms with Crippen LogP contribution in [0.25, 0.3) is 0 Å². The fourth-order valence-corrected chi connectivity index (χ4v) is 2.86. The summed E-state index contributed by atoms with van der Waals surface area (Å²) in [4.78, 5) is -0.336.